The smallest absolute Gasteiger partial charge is 0.270 e. The van der Waals surface area contributed by atoms with Crippen LogP contribution in [-0.2, 0) is 6.54 Å². The van der Waals surface area contributed by atoms with Crippen molar-refractivity contribution in [1.82, 2.24) is 19.7 Å². The molecule has 2 aromatic heterocycles. The van der Waals surface area contributed by atoms with Crippen LogP contribution in [0.2, 0.25) is 5.02 Å². The maximum Gasteiger partial charge on any atom is 0.270 e. The van der Waals surface area contributed by atoms with Crippen LogP contribution < -0.4 is 0 Å². The van der Waals surface area contributed by atoms with Gasteiger partial charge in [0.05, 0.1) is 23.8 Å². The van der Waals surface area contributed by atoms with Crippen molar-refractivity contribution in [3.63, 3.8) is 0 Å². The lowest BCUT2D eigenvalue weighted by molar-refractivity contribution is 0.0716. The molecule has 1 fully saturated rings. The molecule has 106 valence electrons. The van der Waals surface area contributed by atoms with E-state index < -0.39 is 0 Å². The number of hydrogen-bond acceptors (Lipinski definition) is 2. The molecule has 0 unspecified atom stereocenters. The Bertz CT molecular complexity index is 618. The number of aromatic nitrogens is 3. The molecule has 0 spiro atoms. The van der Waals surface area contributed by atoms with Crippen molar-refractivity contribution in [2.24, 2.45) is 0 Å². The Morgan fingerprint density at radius 2 is 2.45 bits per heavy atom. The fourth-order valence-corrected chi connectivity index (χ4v) is 2.89. The number of amides is 1. The third-order valence-corrected chi connectivity index (χ3v) is 3.89. The molecule has 6 heteroatoms. The van der Waals surface area contributed by atoms with Crippen LogP contribution in [0.15, 0.2) is 24.7 Å². The molecule has 2 aromatic rings. The van der Waals surface area contributed by atoms with Crippen LogP contribution in [0.5, 0.6) is 0 Å². The Morgan fingerprint density at radius 1 is 1.60 bits per heavy atom. The van der Waals surface area contributed by atoms with Gasteiger partial charge in [-0.2, -0.15) is 5.10 Å². The average molecular weight is 293 g/mol. The zero-order valence-corrected chi connectivity index (χ0v) is 12.1. The van der Waals surface area contributed by atoms with Gasteiger partial charge in [0.15, 0.2) is 0 Å². The maximum absolute atomic E-state index is 12.5. The van der Waals surface area contributed by atoms with E-state index in [-0.39, 0.29) is 11.9 Å². The summed E-state index contributed by atoms with van der Waals surface area (Å²) in [6.07, 6.45) is 7.53. The molecule has 1 N–H and O–H groups in total. The van der Waals surface area contributed by atoms with Gasteiger partial charge in [0.2, 0.25) is 0 Å². The van der Waals surface area contributed by atoms with Gasteiger partial charge in [-0.25, -0.2) is 0 Å². The van der Waals surface area contributed by atoms with Crippen LogP contribution in [0.25, 0.3) is 0 Å². The zero-order chi connectivity index (χ0) is 14.1. The molecule has 3 heterocycles. The first kappa shape index (κ1) is 13.2. The summed E-state index contributed by atoms with van der Waals surface area (Å²) in [6, 6.07) is 1.88. The van der Waals surface area contributed by atoms with Crippen molar-refractivity contribution in [3.05, 3.63) is 40.9 Å². The quantitative estimate of drug-likeness (QED) is 0.945. The van der Waals surface area contributed by atoms with Gasteiger partial charge in [-0.3, -0.25) is 9.48 Å². The first-order chi connectivity index (χ1) is 9.63. The van der Waals surface area contributed by atoms with Crippen LogP contribution in [0.3, 0.4) is 0 Å². The summed E-state index contributed by atoms with van der Waals surface area (Å²) < 4.78 is 1.91. The van der Waals surface area contributed by atoms with Crippen molar-refractivity contribution < 1.29 is 4.79 Å². The number of carbonyl (C=O) groups excluding carboxylic acids is 1. The van der Waals surface area contributed by atoms with Gasteiger partial charge in [-0.05, 0) is 31.4 Å². The second-order valence-corrected chi connectivity index (χ2v) is 5.70. The van der Waals surface area contributed by atoms with Crippen molar-refractivity contribution in [2.45, 2.75) is 32.4 Å². The van der Waals surface area contributed by atoms with Crippen molar-refractivity contribution in [3.8, 4) is 0 Å². The molecule has 0 bridgehead atoms. The van der Waals surface area contributed by atoms with E-state index in [4.69, 9.17) is 11.6 Å². The minimum absolute atomic E-state index is 0.0169. The lowest BCUT2D eigenvalue weighted by atomic mass is 10.2. The summed E-state index contributed by atoms with van der Waals surface area (Å²) in [5.41, 5.74) is 1.69. The van der Waals surface area contributed by atoms with Gasteiger partial charge in [0.25, 0.3) is 5.91 Å². The van der Waals surface area contributed by atoms with Gasteiger partial charge < -0.3 is 9.88 Å². The van der Waals surface area contributed by atoms with E-state index in [0.717, 1.165) is 31.5 Å². The molecular formula is C14H17ClN4O. The fraction of sp³-hybridized carbons (Fsp3) is 0.429. The molecule has 0 radical (unpaired) electrons. The summed E-state index contributed by atoms with van der Waals surface area (Å²) in [6.45, 7) is 3.55. The van der Waals surface area contributed by atoms with E-state index in [1.54, 1.807) is 12.3 Å². The Morgan fingerprint density at radius 3 is 3.10 bits per heavy atom. The number of likely N-dealkylation sites (tertiary alicyclic amines) is 1. The molecule has 3 rings (SSSR count). The number of hydrogen-bond donors (Lipinski definition) is 1. The molecule has 5 nitrogen and oxygen atoms in total. The summed E-state index contributed by atoms with van der Waals surface area (Å²) >= 11 is 5.86. The number of carbonyl (C=O) groups is 1. The SMILES string of the molecule is Cc1cnn(C[C@@H]2CCCN2C(=O)c2cc(Cl)c[nH]2)c1. The summed E-state index contributed by atoms with van der Waals surface area (Å²) in [4.78, 5) is 17.3. The lowest BCUT2D eigenvalue weighted by Gasteiger charge is -2.24. The number of halogens is 1. The molecule has 1 aliphatic heterocycles. The maximum atomic E-state index is 12.5. The predicted octanol–water partition coefficient (Wildman–Crippen LogP) is 2.48. The van der Waals surface area contributed by atoms with Crippen LogP contribution in [0, 0.1) is 6.92 Å². The van der Waals surface area contributed by atoms with E-state index in [1.165, 1.54) is 0 Å². The molecule has 1 aliphatic rings. The van der Waals surface area contributed by atoms with E-state index in [9.17, 15) is 4.79 Å². The summed E-state index contributed by atoms with van der Waals surface area (Å²) in [5, 5.41) is 4.86. The zero-order valence-electron chi connectivity index (χ0n) is 11.3. The van der Waals surface area contributed by atoms with Gasteiger partial charge in [0, 0.05) is 18.9 Å². The van der Waals surface area contributed by atoms with Gasteiger partial charge >= 0.3 is 0 Å². The molecule has 20 heavy (non-hydrogen) atoms. The molecule has 1 saturated heterocycles. The van der Waals surface area contributed by atoms with Crippen LogP contribution in [0.1, 0.15) is 28.9 Å². The minimum Gasteiger partial charge on any atom is -0.356 e. The molecule has 0 aliphatic carbocycles. The first-order valence-corrected chi connectivity index (χ1v) is 7.15. The van der Waals surface area contributed by atoms with E-state index in [2.05, 4.69) is 10.1 Å². The second-order valence-electron chi connectivity index (χ2n) is 5.27. The summed E-state index contributed by atoms with van der Waals surface area (Å²) in [5.74, 6) is 0.0169. The number of H-pyrrole nitrogens is 1. The van der Waals surface area contributed by atoms with Crippen molar-refractivity contribution in [2.75, 3.05) is 6.54 Å². The van der Waals surface area contributed by atoms with Gasteiger partial charge in [-0.1, -0.05) is 11.6 Å². The Labute approximate surface area is 122 Å². The normalized spacial score (nSPS) is 18.7. The van der Waals surface area contributed by atoms with Gasteiger partial charge in [0.1, 0.15) is 5.69 Å². The minimum atomic E-state index is 0.0169. The Balaban J connectivity index is 1.73. The van der Waals surface area contributed by atoms with Gasteiger partial charge in [-0.15, -0.1) is 0 Å². The van der Waals surface area contributed by atoms with Crippen molar-refractivity contribution >= 4 is 17.5 Å². The highest BCUT2D eigenvalue weighted by molar-refractivity contribution is 6.30. The number of nitrogens with zero attached hydrogens (tertiary/aromatic N) is 3. The highest BCUT2D eigenvalue weighted by Gasteiger charge is 2.30. The molecule has 0 aromatic carbocycles. The molecule has 1 amide bonds. The number of rotatable bonds is 3. The first-order valence-electron chi connectivity index (χ1n) is 6.77. The second kappa shape index (κ2) is 5.32. The predicted molar refractivity (Wildman–Crippen MR) is 76.8 cm³/mol. The van der Waals surface area contributed by atoms with E-state index in [1.807, 2.05) is 28.9 Å². The monoisotopic (exact) mass is 292 g/mol. The molecule has 1 atom stereocenters. The highest BCUT2D eigenvalue weighted by atomic mass is 35.5. The standard InChI is InChI=1S/C14H17ClN4O/c1-10-6-17-18(8-10)9-12-3-2-4-19(12)14(20)13-5-11(15)7-16-13/h5-8,12,16H,2-4,9H2,1H3/t12-/m0/s1. The van der Waals surface area contributed by atoms with E-state index >= 15 is 0 Å². The summed E-state index contributed by atoms with van der Waals surface area (Å²) in [7, 11) is 0. The van der Waals surface area contributed by atoms with Crippen molar-refractivity contribution in [1.29, 1.82) is 0 Å². The lowest BCUT2D eigenvalue weighted by Crippen LogP contribution is -2.38. The Kier molecular flexibility index (Phi) is 3.53. The molecule has 0 saturated carbocycles. The largest absolute Gasteiger partial charge is 0.356 e. The topological polar surface area (TPSA) is 53.9 Å². The third kappa shape index (κ3) is 2.58. The van der Waals surface area contributed by atoms with Crippen LogP contribution in [-0.4, -0.2) is 38.2 Å². The highest BCUT2D eigenvalue weighted by Crippen LogP contribution is 2.22. The number of nitrogens with one attached hydrogen (secondary N) is 1. The Hall–Kier alpha value is -1.75. The number of aromatic amines is 1. The van der Waals surface area contributed by atoms with Crippen LogP contribution in [0.4, 0.5) is 0 Å². The van der Waals surface area contributed by atoms with Crippen LogP contribution >= 0.6 is 11.6 Å². The fourth-order valence-electron chi connectivity index (χ4n) is 2.72. The number of aryl methyl sites for hydroxylation is 1. The third-order valence-electron chi connectivity index (χ3n) is 3.68. The average Bonchev–Trinajstić information content (AvgIpc) is 3.11. The molecular weight excluding hydrogens is 276 g/mol. The van der Waals surface area contributed by atoms with E-state index in [0.29, 0.717) is 10.7 Å².